The standard InChI is InChI=1S/C13H19N5O2S.ClH/c1-8-11-5-10(7-15-13(11)18(2)16-8)21(19,20)17-12(6-14)9-3-4-9;/h5,7,9,12,17H,3-4,6,14H2,1-2H3;1H. The predicted octanol–water partition coefficient (Wildman–Crippen LogP) is 0.714. The maximum Gasteiger partial charge on any atom is 0.242 e. The van der Waals surface area contributed by atoms with Crippen LogP contribution in [0.15, 0.2) is 17.2 Å². The molecule has 3 N–H and O–H groups in total. The molecule has 1 fully saturated rings. The van der Waals surface area contributed by atoms with Gasteiger partial charge in [-0.25, -0.2) is 18.1 Å². The zero-order valence-electron chi connectivity index (χ0n) is 12.5. The Hall–Kier alpha value is -1.22. The lowest BCUT2D eigenvalue weighted by Crippen LogP contribution is -2.41. The monoisotopic (exact) mass is 345 g/mol. The summed E-state index contributed by atoms with van der Waals surface area (Å²) >= 11 is 0. The van der Waals surface area contributed by atoms with Gasteiger partial charge in [0.25, 0.3) is 0 Å². The molecule has 7 nitrogen and oxygen atoms in total. The van der Waals surface area contributed by atoms with Crippen LogP contribution in [0.3, 0.4) is 0 Å². The number of sulfonamides is 1. The van der Waals surface area contributed by atoms with Crippen LogP contribution in [-0.4, -0.2) is 35.8 Å². The number of nitrogens with two attached hydrogens (primary N) is 1. The van der Waals surface area contributed by atoms with E-state index in [1.54, 1.807) is 17.8 Å². The quantitative estimate of drug-likeness (QED) is 0.830. The zero-order chi connectivity index (χ0) is 15.2. The van der Waals surface area contributed by atoms with E-state index in [-0.39, 0.29) is 23.3 Å². The molecule has 1 unspecified atom stereocenters. The van der Waals surface area contributed by atoms with Crippen LogP contribution in [-0.2, 0) is 17.1 Å². The van der Waals surface area contributed by atoms with Gasteiger partial charge in [0.15, 0.2) is 5.65 Å². The molecule has 0 aromatic carbocycles. The van der Waals surface area contributed by atoms with Crippen molar-refractivity contribution in [3.63, 3.8) is 0 Å². The maximum atomic E-state index is 12.5. The van der Waals surface area contributed by atoms with Gasteiger partial charge in [-0.2, -0.15) is 5.10 Å². The van der Waals surface area contributed by atoms with Crippen molar-refractivity contribution in [3.8, 4) is 0 Å². The maximum absolute atomic E-state index is 12.5. The molecule has 1 aliphatic rings. The minimum Gasteiger partial charge on any atom is -0.329 e. The van der Waals surface area contributed by atoms with E-state index in [1.165, 1.54) is 6.20 Å². The zero-order valence-corrected chi connectivity index (χ0v) is 14.1. The molecule has 0 radical (unpaired) electrons. The second-order valence-corrected chi connectivity index (χ2v) is 7.27. The molecule has 0 bridgehead atoms. The molecule has 1 atom stereocenters. The molecule has 22 heavy (non-hydrogen) atoms. The first kappa shape index (κ1) is 17.1. The van der Waals surface area contributed by atoms with E-state index in [2.05, 4.69) is 14.8 Å². The molecule has 2 aromatic heterocycles. The van der Waals surface area contributed by atoms with E-state index in [1.807, 2.05) is 6.92 Å². The van der Waals surface area contributed by atoms with Crippen molar-refractivity contribution >= 4 is 33.5 Å². The van der Waals surface area contributed by atoms with Crippen LogP contribution < -0.4 is 10.5 Å². The number of halogens is 1. The summed E-state index contributed by atoms with van der Waals surface area (Å²) < 4.78 is 29.3. The Labute approximate surface area is 135 Å². The number of nitrogens with one attached hydrogen (secondary N) is 1. The number of aryl methyl sites for hydroxylation is 2. The predicted molar refractivity (Wildman–Crippen MR) is 86.4 cm³/mol. The highest BCUT2D eigenvalue weighted by atomic mass is 35.5. The molecule has 2 aromatic rings. The van der Waals surface area contributed by atoms with Crippen LogP contribution >= 0.6 is 12.4 Å². The fourth-order valence-electron chi connectivity index (χ4n) is 2.54. The normalized spacial score (nSPS) is 16.5. The van der Waals surface area contributed by atoms with Crippen LogP contribution in [0.25, 0.3) is 11.0 Å². The Morgan fingerprint density at radius 3 is 2.77 bits per heavy atom. The molecular weight excluding hydrogens is 326 g/mol. The first-order valence-corrected chi connectivity index (χ1v) is 8.42. The number of fused-ring (bicyclic) bond motifs is 1. The second kappa shape index (κ2) is 6.11. The SMILES string of the molecule is Cc1nn(C)c2ncc(S(=O)(=O)NC(CN)C3CC3)cc12.Cl. The molecular formula is C13H20ClN5O2S. The Morgan fingerprint density at radius 1 is 1.50 bits per heavy atom. The number of aromatic nitrogens is 3. The minimum atomic E-state index is -3.61. The molecule has 0 saturated heterocycles. The Kier molecular flexibility index (Phi) is 4.76. The lowest BCUT2D eigenvalue weighted by atomic mass is 10.2. The van der Waals surface area contributed by atoms with Crippen LogP contribution in [0.1, 0.15) is 18.5 Å². The highest BCUT2D eigenvalue weighted by Crippen LogP contribution is 2.33. The van der Waals surface area contributed by atoms with Crippen molar-refractivity contribution in [2.75, 3.05) is 6.54 Å². The molecule has 1 saturated carbocycles. The highest BCUT2D eigenvalue weighted by molar-refractivity contribution is 7.89. The van der Waals surface area contributed by atoms with E-state index in [9.17, 15) is 8.42 Å². The van der Waals surface area contributed by atoms with E-state index in [0.717, 1.165) is 23.9 Å². The largest absolute Gasteiger partial charge is 0.329 e. The summed E-state index contributed by atoms with van der Waals surface area (Å²) in [6.45, 7) is 2.15. The lowest BCUT2D eigenvalue weighted by Gasteiger charge is -2.16. The lowest BCUT2D eigenvalue weighted by molar-refractivity contribution is 0.519. The van der Waals surface area contributed by atoms with Crippen molar-refractivity contribution < 1.29 is 8.42 Å². The van der Waals surface area contributed by atoms with Crippen LogP contribution in [0.4, 0.5) is 0 Å². The Balaban J connectivity index is 0.00000176. The van der Waals surface area contributed by atoms with Crippen molar-refractivity contribution in [1.82, 2.24) is 19.5 Å². The Morgan fingerprint density at radius 2 is 2.18 bits per heavy atom. The summed E-state index contributed by atoms with van der Waals surface area (Å²) in [5, 5.41) is 4.99. The summed E-state index contributed by atoms with van der Waals surface area (Å²) in [7, 11) is -1.82. The molecule has 122 valence electrons. The van der Waals surface area contributed by atoms with E-state index in [4.69, 9.17) is 5.73 Å². The first-order chi connectivity index (χ1) is 9.92. The molecule has 0 aliphatic heterocycles. The van der Waals surface area contributed by atoms with Gasteiger partial charge < -0.3 is 5.73 Å². The van der Waals surface area contributed by atoms with Crippen LogP contribution in [0.5, 0.6) is 0 Å². The molecule has 0 spiro atoms. The number of hydrogen-bond acceptors (Lipinski definition) is 5. The van der Waals surface area contributed by atoms with Gasteiger partial charge in [0.2, 0.25) is 10.0 Å². The smallest absolute Gasteiger partial charge is 0.242 e. The van der Waals surface area contributed by atoms with Crippen molar-refractivity contribution in [2.45, 2.75) is 30.7 Å². The van der Waals surface area contributed by atoms with Gasteiger partial charge >= 0.3 is 0 Å². The van der Waals surface area contributed by atoms with E-state index >= 15 is 0 Å². The first-order valence-electron chi connectivity index (χ1n) is 6.94. The van der Waals surface area contributed by atoms with Gasteiger partial charge in [-0.1, -0.05) is 0 Å². The van der Waals surface area contributed by atoms with Crippen molar-refractivity contribution in [2.24, 2.45) is 18.7 Å². The molecule has 0 amide bonds. The van der Waals surface area contributed by atoms with Crippen LogP contribution in [0.2, 0.25) is 0 Å². The van der Waals surface area contributed by atoms with Gasteiger partial charge in [0.05, 0.1) is 5.69 Å². The van der Waals surface area contributed by atoms with E-state index in [0.29, 0.717) is 18.1 Å². The number of nitrogens with zero attached hydrogens (tertiary/aromatic N) is 3. The van der Waals surface area contributed by atoms with Gasteiger partial charge in [0, 0.05) is 31.2 Å². The number of pyridine rings is 1. The topological polar surface area (TPSA) is 103 Å². The van der Waals surface area contributed by atoms with E-state index < -0.39 is 10.0 Å². The average molecular weight is 346 g/mol. The highest BCUT2D eigenvalue weighted by Gasteiger charge is 2.33. The third-order valence-electron chi connectivity index (χ3n) is 3.90. The molecule has 1 aliphatic carbocycles. The number of rotatable bonds is 5. The molecule has 3 rings (SSSR count). The fourth-order valence-corrected chi connectivity index (χ4v) is 3.83. The molecule has 2 heterocycles. The summed E-state index contributed by atoms with van der Waals surface area (Å²) in [5.41, 5.74) is 7.09. The summed E-state index contributed by atoms with van der Waals surface area (Å²) in [6.07, 6.45) is 3.43. The second-order valence-electron chi connectivity index (χ2n) is 5.55. The summed E-state index contributed by atoms with van der Waals surface area (Å²) in [5.74, 6) is 0.363. The average Bonchev–Trinajstić information content (AvgIpc) is 3.24. The number of hydrogen-bond donors (Lipinski definition) is 2. The minimum absolute atomic E-state index is 0. The summed E-state index contributed by atoms with van der Waals surface area (Å²) in [4.78, 5) is 4.37. The van der Waals surface area contributed by atoms with Crippen molar-refractivity contribution in [1.29, 1.82) is 0 Å². The molecule has 9 heteroatoms. The van der Waals surface area contributed by atoms with Crippen molar-refractivity contribution in [3.05, 3.63) is 18.0 Å². The van der Waals surface area contributed by atoms with Gasteiger partial charge in [-0.3, -0.25) is 4.68 Å². The van der Waals surface area contributed by atoms with Gasteiger partial charge in [-0.05, 0) is 31.7 Å². The van der Waals surface area contributed by atoms with Crippen LogP contribution in [0, 0.1) is 12.8 Å². The fraction of sp³-hybridized carbons (Fsp3) is 0.538. The van der Waals surface area contributed by atoms with Gasteiger partial charge in [-0.15, -0.1) is 12.4 Å². The third-order valence-corrected chi connectivity index (χ3v) is 5.36. The third kappa shape index (κ3) is 3.10. The van der Waals surface area contributed by atoms with Gasteiger partial charge in [0.1, 0.15) is 4.90 Å². The summed E-state index contributed by atoms with van der Waals surface area (Å²) in [6, 6.07) is 1.42. The Bertz CT molecular complexity index is 785.